The number of benzene rings is 1. The number of hydrogen-bond donors (Lipinski definition) is 1. The number of aromatic nitrogens is 1. The number of nitrogens with zero attached hydrogens (tertiary/aromatic N) is 1. The highest BCUT2D eigenvalue weighted by Crippen LogP contribution is 2.24. The standard InChI is InChI=1S/C13H10F4N2/c1-7-2-3-18-5-8(7)6-19-13-11(16)9(14)4-10(15)12(13)17/h2-5,19H,6H2,1H3. The summed E-state index contributed by atoms with van der Waals surface area (Å²) in [6, 6.07) is 1.89. The van der Waals surface area contributed by atoms with Crippen molar-refractivity contribution in [1.29, 1.82) is 0 Å². The number of anilines is 1. The number of nitrogens with one attached hydrogen (secondary N) is 1. The minimum Gasteiger partial charge on any atom is -0.376 e. The molecule has 1 N–H and O–H groups in total. The zero-order valence-electron chi connectivity index (χ0n) is 9.98. The number of hydrogen-bond acceptors (Lipinski definition) is 2. The molecule has 2 rings (SSSR count). The van der Waals surface area contributed by atoms with Crippen LogP contribution >= 0.6 is 0 Å². The largest absolute Gasteiger partial charge is 0.376 e. The lowest BCUT2D eigenvalue weighted by molar-refractivity contribution is 0.458. The number of rotatable bonds is 3. The van der Waals surface area contributed by atoms with Crippen LogP contribution in [0.15, 0.2) is 24.5 Å². The van der Waals surface area contributed by atoms with E-state index in [0.29, 0.717) is 5.56 Å². The van der Waals surface area contributed by atoms with E-state index in [0.717, 1.165) is 5.56 Å². The molecule has 6 heteroatoms. The molecule has 100 valence electrons. The first-order valence-corrected chi connectivity index (χ1v) is 5.47. The van der Waals surface area contributed by atoms with Gasteiger partial charge in [0.15, 0.2) is 23.3 Å². The molecule has 0 fully saturated rings. The van der Waals surface area contributed by atoms with E-state index in [1.165, 1.54) is 6.20 Å². The summed E-state index contributed by atoms with van der Waals surface area (Å²) in [6.07, 6.45) is 3.08. The molecule has 0 radical (unpaired) electrons. The van der Waals surface area contributed by atoms with Crippen LogP contribution in [0.2, 0.25) is 0 Å². The maximum Gasteiger partial charge on any atom is 0.185 e. The van der Waals surface area contributed by atoms with Crippen LogP contribution in [-0.4, -0.2) is 4.98 Å². The molecule has 1 heterocycles. The van der Waals surface area contributed by atoms with E-state index >= 15 is 0 Å². The first kappa shape index (κ1) is 13.3. The van der Waals surface area contributed by atoms with Gasteiger partial charge in [0.25, 0.3) is 0 Å². The molecule has 1 aromatic heterocycles. The Kier molecular flexibility index (Phi) is 3.69. The summed E-state index contributed by atoms with van der Waals surface area (Å²) in [6.45, 7) is 1.80. The summed E-state index contributed by atoms with van der Waals surface area (Å²) >= 11 is 0. The smallest absolute Gasteiger partial charge is 0.185 e. The molecule has 0 aliphatic heterocycles. The van der Waals surface area contributed by atoms with Gasteiger partial charge in [-0.15, -0.1) is 0 Å². The van der Waals surface area contributed by atoms with Gasteiger partial charge >= 0.3 is 0 Å². The Bertz CT molecular complexity index is 588. The normalized spacial score (nSPS) is 10.6. The van der Waals surface area contributed by atoms with Crippen LogP contribution < -0.4 is 5.32 Å². The summed E-state index contributed by atoms with van der Waals surface area (Å²) in [4.78, 5) is 3.86. The van der Waals surface area contributed by atoms with Gasteiger partial charge in [-0.3, -0.25) is 4.98 Å². The third kappa shape index (κ3) is 2.67. The average Bonchev–Trinajstić information content (AvgIpc) is 2.38. The first-order valence-electron chi connectivity index (χ1n) is 5.47. The van der Waals surface area contributed by atoms with Crippen molar-refractivity contribution in [3.63, 3.8) is 0 Å². The van der Waals surface area contributed by atoms with E-state index in [9.17, 15) is 17.6 Å². The van der Waals surface area contributed by atoms with Crippen LogP contribution in [0.1, 0.15) is 11.1 Å². The van der Waals surface area contributed by atoms with Crippen molar-refractivity contribution in [3.8, 4) is 0 Å². The van der Waals surface area contributed by atoms with Crippen LogP contribution in [0.3, 0.4) is 0 Å². The van der Waals surface area contributed by atoms with Gasteiger partial charge in [-0.05, 0) is 24.1 Å². The third-order valence-corrected chi connectivity index (χ3v) is 2.71. The minimum absolute atomic E-state index is 0.0103. The van der Waals surface area contributed by atoms with Crippen molar-refractivity contribution in [2.45, 2.75) is 13.5 Å². The predicted molar refractivity (Wildman–Crippen MR) is 62.6 cm³/mol. The third-order valence-electron chi connectivity index (χ3n) is 2.71. The minimum atomic E-state index is -1.44. The van der Waals surface area contributed by atoms with Crippen molar-refractivity contribution < 1.29 is 17.6 Å². The SMILES string of the molecule is Cc1ccncc1CNc1c(F)c(F)cc(F)c1F. The molecule has 2 aromatic rings. The average molecular weight is 270 g/mol. The highest BCUT2D eigenvalue weighted by Gasteiger charge is 2.18. The van der Waals surface area contributed by atoms with Gasteiger partial charge in [-0.25, -0.2) is 17.6 Å². The van der Waals surface area contributed by atoms with Gasteiger partial charge in [0.1, 0.15) is 5.69 Å². The Hall–Kier alpha value is -2.11. The lowest BCUT2D eigenvalue weighted by Crippen LogP contribution is -2.08. The molecular weight excluding hydrogens is 260 g/mol. The monoisotopic (exact) mass is 270 g/mol. The highest BCUT2D eigenvalue weighted by molar-refractivity contribution is 5.48. The molecule has 0 atom stereocenters. The zero-order valence-corrected chi connectivity index (χ0v) is 9.98. The Morgan fingerprint density at radius 1 is 1.11 bits per heavy atom. The van der Waals surface area contributed by atoms with Gasteiger partial charge in [0.05, 0.1) is 0 Å². The fourth-order valence-corrected chi connectivity index (χ4v) is 1.59. The molecule has 0 spiro atoms. The van der Waals surface area contributed by atoms with Crippen molar-refractivity contribution >= 4 is 5.69 Å². The predicted octanol–water partition coefficient (Wildman–Crippen LogP) is 3.56. The van der Waals surface area contributed by atoms with Crippen LogP contribution in [0, 0.1) is 30.2 Å². The van der Waals surface area contributed by atoms with Gasteiger partial charge in [0, 0.05) is 25.0 Å². The molecule has 2 nitrogen and oxygen atoms in total. The summed E-state index contributed by atoms with van der Waals surface area (Å²) in [5.74, 6) is -5.77. The fraction of sp³-hybridized carbons (Fsp3) is 0.154. The summed E-state index contributed by atoms with van der Waals surface area (Å²) in [5, 5.41) is 2.35. The molecule has 0 saturated carbocycles. The Morgan fingerprint density at radius 2 is 1.74 bits per heavy atom. The summed E-state index contributed by atoms with van der Waals surface area (Å²) in [5.41, 5.74) is 0.701. The van der Waals surface area contributed by atoms with E-state index in [4.69, 9.17) is 0 Å². The quantitative estimate of drug-likeness (QED) is 0.681. The highest BCUT2D eigenvalue weighted by atomic mass is 19.2. The van der Waals surface area contributed by atoms with Crippen LogP contribution in [-0.2, 0) is 6.54 Å². The van der Waals surface area contributed by atoms with Gasteiger partial charge < -0.3 is 5.32 Å². The molecule has 0 unspecified atom stereocenters. The second kappa shape index (κ2) is 5.26. The molecule has 0 aliphatic carbocycles. The maximum absolute atomic E-state index is 13.4. The second-order valence-corrected chi connectivity index (χ2v) is 4.00. The number of halogens is 4. The van der Waals surface area contributed by atoms with E-state index in [1.54, 1.807) is 19.2 Å². The summed E-state index contributed by atoms with van der Waals surface area (Å²) in [7, 11) is 0. The number of pyridine rings is 1. The molecular formula is C13H10F4N2. The molecule has 1 aromatic carbocycles. The van der Waals surface area contributed by atoms with E-state index in [-0.39, 0.29) is 12.6 Å². The molecule has 0 aliphatic rings. The van der Waals surface area contributed by atoms with Crippen LogP contribution in [0.5, 0.6) is 0 Å². The van der Waals surface area contributed by atoms with Crippen molar-refractivity contribution in [3.05, 3.63) is 58.9 Å². The lowest BCUT2D eigenvalue weighted by atomic mass is 10.1. The fourth-order valence-electron chi connectivity index (χ4n) is 1.59. The van der Waals surface area contributed by atoms with E-state index < -0.39 is 29.0 Å². The van der Waals surface area contributed by atoms with E-state index in [2.05, 4.69) is 10.3 Å². The molecule has 0 bridgehead atoms. The Labute approximate surface area is 107 Å². The van der Waals surface area contributed by atoms with Crippen LogP contribution in [0.4, 0.5) is 23.2 Å². The van der Waals surface area contributed by atoms with Crippen molar-refractivity contribution in [2.24, 2.45) is 0 Å². The van der Waals surface area contributed by atoms with Crippen molar-refractivity contribution in [2.75, 3.05) is 5.32 Å². The topological polar surface area (TPSA) is 24.9 Å². The second-order valence-electron chi connectivity index (χ2n) is 4.00. The van der Waals surface area contributed by atoms with Gasteiger partial charge in [-0.1, -0.05) is 0 Å². The van der Waals surface area contributed by atoms with Crippen LogP contribution in [0.25, 0.3) is 0 Å². The zero-order chi connectivity index (χ0) is 14.0. The Morgan fingerprint density at radius 3 is 2.32 bits per heavy atom. The van der Waals surface area contributed by atoms with E-state index in [1.807, 2.05) is 0 Å². The van der Waals surface area contributed by atoms with Gasteiger partial charge in [0.2, 0.25) is 0 Å². The molecule has 0 saturated heterocycles. The number of aryl methyl sites for hydroxylation is 1. The van der Waals surface area contributed by atoms with Gasteiger partial charge in [-0.2, -0.15) is 0 Å². The molecule has 19 heavy (non-hydrogen) atoms. The lowest BCUT2D eigenvalue weighted by Gasteiger charge is -2.11. The summed E-state index contributed by atoms with van der Waals surface area (Å²) < 4.78 is 52.8. The van der Waals surface area contributed by atoms with Crippen molar-refractivity contribution in [1.82, 2.24) is 4.98 Å². The first-order chi connectivity index (χ1) is 9.00. The maximum atomic E-state index is 13.4. The molecule has 0 amide bonds. The Balaban J connectivity index is 2.28.